The lowest BCUT2D eigenvalue weighted by molar-refractivity contribution is -0.258. The number of carbonyl (C=O) groups excluding carboxylic acids is 3. The van der Waals surface area contributed by atoms with Crippen LogP contribution >= 0.6 is 0 Å². The standard InChI is InChI=1S/C25H26N2O7/c1-15-5-4-6-18(11-15)14-33-22(30)21-16(2)13-34-24-25(32-3,23(31)27(21)24)26-20(29)12-17-7-9-19(28)10-8-17/h4-11,24,28H,12-14H2,1-3H3,(H,26,29)/t24-,25+/m1/s1. The van der Waals surface area contributed by atoms with E-state index in [1.165, 1.54) is 24.1 Å². The number of hydrogen-bond donors (Lipinski definition) is 2. The fourth-order valence-electron chi connectivity index (χ4n) is 4.09. The average molecular weight is 466 g/mol. The van der Waals surface area contributed by atoms with Gasteiger partial charge in [-0.2, -0.15) is 0 Å². The number of nitrogens with zero attached hydrogens (tertiary/aromatic N) is 1. The Kier molecular flexibility index (Phi) is 6.41. The molecule has 0 aromatic heterocycles. The quantitative estimate of drug-likeness (QED) is 0.364. The summed E-state index contributed by atoms with van der Waals surface area (Å²) in [7, 11) is 1.29. The highest BCUT2D eigenvalue weighted by atomic mass is 16.6. The van der Waals surface area contributed by atoms with Crippen molar-refractivity contribution in [1.82, 2.24) is 10.2 Å². The first-order valence-corrected chi connectivity index (χ1v) is 10.8. The summed E-state index contributed by atoms with van der Waals surface area (Å²) in [5.74, 6) is -1.66. The van der Waals surface area contributed by atoms with Crippen molar-refractivity contribution in [3.8, 4) is 5.75 Å². The topological polar surface area (TPSA) is 114 Å². The number of aryl methyl sites for hydroxylation is 1. The molecule has 1 fully saturated rings. The van der Waals surface area contributed by atoms with Gasteiger partial charge in [0.15, 0.2) is 6.23 Å². The molecule has 178 valence electrons. The number of hydrogen-bond acceptors (Lipinski definition) is 7. The van der Waals surface area contributed by atoms with E-state index in [9.17, 15) is 19.5 Å². The average Bonchev–Trinajstić information content (AvgIpc) is 2.82. The number of methoxy groups -OCH3 is 1. The van der Waals surface area contributed by atoms with Crippen LogP contribution in [0.4, 0.5) is 0 Å². The van der Waals surface area contributed by atoms with Gasteiger partial charge in [-0.25, -0.2) is 4.79 Å². The Morgan fingerprint density at radius 3 is 2.59 bits per heavy atom. The van der Waals surface area contributed by atoms with E-state index in [4.69, 9.17) is 14.2 Å². The van der Waals surface area contributed by atoms with E-state index in [0.29, 0.717) is 11.1 Å². The monoisotopic (exact) mass is 466 g/mol. The second-order valence-electron chi connectivity index (χ2n) is 8.36. The first-order valence-electron chi connectivity index (χ1n) is 10.8. The molecule has 0 bridgehead atoms. The zero-order chi connectivity index (χ0) is 24.5. The molecule has 2 atom stereocenters. The fourth-order valence-corrected chi connectivity index (χ4v) is 4.09. The van der Waals surface area contributed by atoms with Gasteiger partial charge in [0.2, 0.25) is 5.91 Å². The maximum atomic E-state index is 13.2. The van der Waals surface area contributed by atoms with E-state index in [-0.39, 0.29) is 31.1 Å². The van der Waals surface area contributed by atoms with Crippen LogP contribution in [0.15, 0.2) is 59.8 Å². The highest BCUT2D eigenvalue weighted by Gasteiger charge is 2.67. The summed E-state index contributed by atoms with van der Waals surface area (Å²) >= 11 is 0. The van der Waals surface area contributed by atoms with Gasteiger partial charge in [0.1, 0.15) is 18.1 Å². The lowest BCUT2D eigenvalue weighted by atomic mass is 9.94. The molecule has 2 aliphatic heterocycles. The normalized spacial score (nSPS) is 21.6. The molecule has 2 amide bonds. The van der Waals surface area contributed by atoms with Crippen LogP contribution in [0.1, 0.15) is 23.6 Å². The molecule has 2 aromatic carbocycles. The summed E-state index contributed by atoms with van der Waals surface area (Å²) < 4.78 is 16.7. The van der Waals surface area contributed by atoms with Crippen molar-refractivity contribution >= 4 is 17.8 Å². The summed E-state index contributed by atoms with van der Waals surface area (Å²) in [5, 5.41) is 12.0. The number of phenolic OH excluding ortho intramolecular Hbond substituents is 1. The van der Waals surface area contributed by atoms with Crippen LogP contribution in [-0.4, -0.2) is 53.5 Å². The minimum absolute atomic E-state index is 0.0361. The van der Waals surface area contributed by atoms with Crippen molar-refractivity contribution in [3.63, 3.8) is 0 Å². The van der Waals surface area contributed by atoms with E-state index >= 15 is 0 Å². The van der Waals surface area contributed by atoms with Gasteiger partial charge in [0.25, 0.3) is 11.6 Å². The second-order valence-corrected chi connectivity index (χ2v) is 8.36. The number of esters is 1. The highest BCUT2D eigenvalue weighted by molar-refractivity contribution is 6.03. The molecule has 0 aliphatic carbocycles. The lowest BCUT2D eigenvalue weighted by Gasteiger charge is -2.55. The van der Waals surface area contributed by atoms with E-state index in [2.05, 4.69) is 5.32 Å². The smallest absolute Gasteiger partial charge is 0.355 e. The molecule has 0 unspecified atom stereocenters. The first kappa shape index (κ1) is 23.5. The maximum absolute atomic E-state index is 13.2. The van der Waals surface area contributed by atoms with Crippen LogP contribution in [0, 0.1) is 6.92 Å². The number of fused-ring (bicyclic) bond motifs is 1. The zero-order valence-corrected chi connectivity index (χ0v) is 19.2. The van der Waals surface area contributed by atoms with Crippen molar-refractivity contribution in [2.45, 2.75) is 38.8 Å². The van der Waals surface area contributed by atoms with Crippen LogP contribution in [0.25, 0.3) is 0 Å². The zero-order valence-electron chi connectivity index (χ0n) is 19.2. The number of β-lactam (4-membered cyclic amide) rings is 1. The predicted molar refractivity (Wildman–Crippen MR) is 120 cm³/mol. The lowest BCUT2D eigenvalue weighted by Crippen LogP contribution is -2.82. The van der Waals surface area contributed by atoms with Crippen molar-refractivity contribution in [3.05, 3.63) is 76.5 Å². The van der Waals surface area contributed by atoms with E-state index < -0.39 is 29.7 Å². The van der Waals surface area contributed by atoms with E-state index in [0.717, 1.165) is 11.1 Å². The Morgan fingerprint density at radius 1 is 1.18 bits per heavy atom. The Bertz CT molecular complexity index is 1160. The molecule has 0 saturated carbocycles. The van der Waals surface area contributed by atoms with Crippen LogP contribution in [0.3, 0.4) is 0 Å². The van der Waals surface area contributed by atoms with Gasteiger partial charge in [-0.1, -0.05) is 42.0 Å². The van der Waals surface area contributed by atoms with Crippen LogP contribution < -0.4 is 5.32 Å². The summed E-state index contributed by atoms with van der Waals surface area (Å²) in [6.45, 7) is 3.76. The Morgan fingerprint density at radius 2 is 1.91 bits per heavy atom. The maximum Gasteiger partial charge on any atom is 0.355 e. The number of amides is 2. The predicted octanol–water partition coefficient (Wildman–Crippen LogP) is 1.92. The largest absolute Gasteiger partial charge is 0.508 e. The molecule has 2 N–H and O–H groups in total. The number of phenols is 1. The number of nitrogens with one attached hydrogen (secondary N) is 1. The summed E-state index contributed by atoms with van der Waals surface area (Å²) in [6, 6.07) is 13.7. The molecule has 2 aromatic rings. The molecule has 0 spiro atoms. The third-order valence-corrected chi connectivity index (χ3v) is 5.82. The third-order valence-electron chi connectivity index (χ3n) is 5.82. The molecule has 9 heteroatoms. The Labute approximate surface area is 196 Å². The van der Waals surface area contributed by atoms with Crippen LogP contribution in [-0.2, 0) is 41.6 Å². The molecule has 0 radical (unpaired) electrons. The van der Waals surface area contributed by atoms with Gasteiger partial charge < -0.3 is 24.6 Å². The van der Waals surface area contributed by atoms with Gasteiger partial charge in [-0.3, -0.25) is 14.5 Å². The first-order chi connectivity index (χ1) is 16.2. The fraction of sp³-hybridized carbons (Fsp3) is 0.320. The molecule has 2 aliphatic rings. The van der Waals surface area contributed by atoms with Crippen molar-refractivity contribution < 1.29 is 33.7 Å². The van der Waals surface area contributed by atoms with Crippen molar-refractivity contribution in [1.29, 1.82) is 0 Å². The molecule has 4 rings (SSSR count). The second kappa shape index (κ2) is 9.28. The van der Waals surface area contributed by atoms with E-state index in [1.807, 2.05) is 31.2 Å². The number of benzene rings is 2. The van der Waals surface area contributed by atoms with Gasteiger partial charge in [0, 0.05) is 7.11 Å². The third kappa shape index (κ3) is 4.27. The van der Waals surface area contributed by atoms with Gasteiger partial charge in [-0.15, -0.1) is 0 Å². The van der Waals surface area contributed by atoms with E-state index in [1.54, 1.807) is 19.1 Å². The SMILES string of the molecule is CO[C@@]1(NC(=O)Cc2ccc(O)cc2)C(=O)N2C(C(=O)OCc3cccc(C)c3)=C(C)CO[C@@H]21. The molecule has 2 heterocycles. The summed E-state index contributed by atoms with van der Waals surface area (Å²) in [4.78, 5) is 39.9. The molecule has 34 heavy (non-hydrogen) atoms. The minimum Gasteiger partial charge on any atom is -0.508 e. The number of aromatic hydroxyl groups is 1. The molecular weight excluding hydrogens is 440 g/mol. The van der Waals surface area contributed by atoms with Crippen molar-refractivity contribution in [2.75, 3.05) is 13.7 Å². The number of carbonyl (C=O) groups is 3. The molecular formula is C25H26N2O7. The minimum atomic E-state index is -1.75. The number of rotatable bonds is 7. The van der Waals surface area contributed by atoms with Crippen molar-refractivity contribution in [2.24, 2.45) is 0 Å². The Balaban J connectivity index is 1.47. The van der Waals surface area contributed by atoms with Crippen LogP contribution in [0.5, 0.6) is 5.75 Å². The highest BCUT2D eigenvalue weighted by Crippen LogP contribution is 2.40. The summed E-state index contributed by atoms with van der Waals surface area (Å²) in [5.41, 5.74) is 1.40. The number of ether oxygens (including phenoxy) is 3. The van der Waals surface area contributed by atoms with Crippen LogP contribution in [0.2, 0.25) is 0 Å². The van der Waals surface area contributed by atoms with Gasteiger partial charge in [0.05, 0.1) is 13.0 Å². The summed E-state index contributed by atoms with van der Waals surface area (Å²) in [6.07, 6.45) is -1.05. The molecule has 9 nitrogen and oxygen atoms in total. The van der Waals surface area contributed by atoms with Gasteiger partial charge in [-0.05, 0) is 42.7 Å². The molecule has 1 saturated heterocycles. The Hall–Kier alpha value is -3.69. The van der Waals surface area contributed by atoms with Gasteiger partial charge >= 0.3 is 5.97 Å².